The van der Waals surface area contributed by atoms with Gasteiger partial charge in [0, 0.05) is 38.1 Å². The second-order valence-corrected chi connectivity index (χ2v) is 6.81. The van der Waals surface area contributed by atoms with Gasteiger partial charge in [0.2, 0.25) is 5.91 Å². The summed E-state index contributed by atoms with van der Waals surface area (Å²) in [7, 11) is 0. The van der Waals surface area contributed by atoms with Crippen molar-refractivity contribution in [2.75, 3.05) is 44.6 Å². The lowest BCUT2D eigenvalue weighted by Gasteiger charge is -2.34. The third kappa shape index (κ3) is 6.53. The molecule has 0 radical (unpaired) electrons. The van der Waals surface area contributed by atoms with Crippen LogP contribution in [0.15, 0.2) is 28.2 Å². The van der Waals surface area contributed by atoms with Gasteiger partial charge in [0.05, 0.1) is 18.5 Å². The number of thiazole rings is 1. The number of aliphatic hydroxyl groups excluding tert-OH is 1. The second-order valence-electron chi connectivity index (χ2n) is 5.95. The second kappa shape index (κ2) is 10.9. The maximum absolute atomic E-state index is 12.1. The molecule has 1 atom stereocenters. The fourth-order valence-electron chi connectivity index (χ4n) is 2.72. The lowest BCUT2D eigenvalue weighted by molar-refractivity contribution is -0.117. The summed E-state index contributed by atoms with van der Waals surface area (Å²) in [6, 6.07) is 3.56. The lowest BCUT2D eigenvalue weighted by Crippen LogP contribution is -2.49. The molecule has 0 aliphatic carbocycles. The highest BCUT2D eigenvalue weighted by Crippen LogP contribution is 2.16. The van der Waals surface area contributed by atoms with Crippen LogP contribution in [0.1, 0.15) is 17.6 Å². The zero-order chi connectivity index (χ0) is 16.9. The molecule has 0 bridgehead atoms. The summed E-state index contributed by atoms with van der Waals surface area (Å²) in [6.07, 6.45) is 0.960. The first-order chi connectivity index (χ1) is 11.6. The number of aryl methyl sites for hydroxylation is 1. The molecule has 146 valence electrons. The van der Waals surface area contributed by atoms with Crippen molar-refractivity contribution < 1.29 is 14.3 Å². The minimum Gasteiger partial charge on any atom is -0.467 e. The quantitative estimate of drug-likeness (QED) is 0.742. The monoisotopic (exact) mass is 422 g/mol. The highest BCUT2D eigenvalue weighted by atomic mass is 35.5. The third-order valence-electron chi connectivity index (χ3n) is 4.00. The standard InChI is InChI=1S/C16H22N4O3S.2ClH/c1-12-11-24-16(17-12)18-15(22)10-20-6-4-19(5-7-20)9-13(21)14-3-2-8-23-14;;/h2-3,8,11,13,21H,4-7,9-10H2,1H3,(H,17,18,22);2*1H. The van der Waals surface area contributed by atoms with E-state index < -0.39 is 6.10 Å². The van der Waals surface area contributed by atoms with E-state index in [0.717, 1.165) is 31.9 Å². The summed E-state index contributed by atoms with van der Waals surface area (Å²) in [5.41, 5.74) is 0.916. The Labute approximate surface area is 169 Å². The number of anilines is 1. The maximum Gasteiger partial charge on any atom is 0.240 e. The zero-order valence-corrected chi connectivity index (χ0v) is 16.9. The molecule has 26 heavy (non-hydrogen) atoms. The van der Waals surface area contributed by atoms with Gasteiger partial charge in [-0.1, -0.05) is 0 Å². The average Bonchev–Trinajstić information content (AvgIpc) is 3.21. The first kappa shape index (κ1) is 22.9. The Hall–Kier alpha value is -1.16. The Morgan fingerprint density at radius 1 is 1.35 bits per heavy atom. The van der Waals surface area contributed by atoms with Crippen molar-refractivity contribution in [2.45, 2.75) is 13.0 Å². The normalized spacial score (nSPS) is 16.4. The van der Waals surface area contributed by atoms with E-state index in [2.05, 4.69) is 20.1 Å². The Balaban J connectivity index is 0.00000169. The molecule has 0 spiro atoms. The minimum atomic E-state index is -0.608. The number of halogens is 2. The summed E-state index contributed by atoms with van der Waals surface area (Å²) in [5, 5.41) is 15.5. The molecule has 3 rings (SSSR count). The molecule has 1 aliphatic heterocycles. The molecule has 1 fully saturated rings. The molecule has 10 heteroatoms. The summed E-state index contributed by atoms with van der Waals surface area (Å²) in [4.78, 5) is 20.6. The van der Waals surface area contributed by atoms with Crippen LogP contribution in [0.4, 0.5) is 5.13 Å². The number of β-amino-alcohol motifs (C(OH)–C–C–N with tert-alkyl or cyclic N) is 1. The van der Waals surface area contributed by atoms with Gasteiger partial charge < -0.3 is 14.8 Å². The summed E-state index contributed by atoms with van der Waals surface area (Å²) in [6.45, 7) is 6.06. The van der Waals surface area contributed by atoms with E-state index in [1.807, 2.05) is 12.3 Å². The van der Waals surface area contributed by atoms with Crippen LogP contribution >= 0.6 is 36.2 Å². The number of rotatable bonds is 6. The van der Waals surface area contributed by atoms with Gasteiger partial charge >= 0.3 is 0 Å². The Morgan fingerprint density at radius 2 is 2.04 bits per heavy atom. The van der Waals surface area contributed by atoms with Crippen molar-refractivity contribution in [3.05, 3.63) is 35.2 Å². The fraction of sp³-hybridized carbons (Fsp3) is 0.500. The van der Waals surface area contributed by atoms with E-state index in [9.17, 15) is 9.90 Å². The molecule has 2 aromatic heterocycles. The van der Waals surface area contributed by atoms with Gasteiger partial charge in [0.15, 0.2) is 5.13 Å². The largest absolute Gasteiger partial charge is 0.467 e. The highest BCUT2D eigenvalue weighted by Gasteiger charge is 2.22. The number of carbonyl (C=O) groups excluding carboxylic acids is 1. The molecule has 1 amide bonds. The van der Waals surface area contributed by atoms with Gasteiger partial charge in [-0.25, -0.2) is 4.98 Å². The number of nitrogens with zero attached hydrogens (tertiary/aromatic N) is 3. The van der Waals surface area contributed by atoms with Crippen LogP contribution in [0.5, 0.6) is 0 Å². The number of nitrogens with one attached hydrogen (secondary N) is 1. The van der Waals surface area contributed by atoms with Crippen LogP contribution < -0.4 is 5.32 Å². The van der Waals surface area contributed by atoms with Crippen LogP contribution in [-0.2, 0) is 4.79 Å². The van der Waals surface area contributed by atoms with E-state index in [1.165, 1.54) is 11.3 Å². The van der Waals surface area contributed by atoms with E-state index in [4.69, 9.17) is 4.42 Å². The molecular weight excluding hydrogens is 399 g/mol. The molecule has 1 aliphatic rings. The Morgan fingerprint density at radius 3 is 2.62 bits per heavy atom. The van der Waals surface area contributed by atoms with Gasteiger partial charge in [0.1, 0.15) is 11.9 Å². The Bertz CT molecular complexity index is 660. The number of hydrogen-bond donors (Lipinski definition) is 2. The van der Waals surface area contributed by atoms with Crippen LogP contribution in [0.25, 0.3) is 0 Å². The minimum absolute atomic E-state index is 0. The SMILES string of the molecule is Cc1csc(NC(=O)CN2CCN(CC(O)c3ccco3)CC2)n1.Cl.Cl. The third-order valence-corrected chi connectivity index (χ3v) is 4.88. The van der Waals surface area contributed by atoms with Crippen LogP contribution in [0.3, 0.4) is 0 Å². The molecule has 0 aromatic carbocycles. The molecule has 1 unspecified atom stereocenters. The molecule has 1 saturated heterocycles. The topological polar surface area (TPSA) is 81.8 Å². The lowest BCUT2D eigenvalue weighted by atomic mass is 10.2. The number of carbonyl (C=O) groups is 1. The van der Waals surface area contributed by atoms with Crippen molar-refractivity contribution >= 4 is 47.2 Å². The van der Waals surface area contributed by atoms with Gasteiger partial charge in [-0.3, -0.25) is 14.6 Å². The average molecular weight is 423 g/mol. The Kier molecular flexibility index (Phi) is 9.56. The molecule has 2 aromatic rings. The van der Waals surface area contributed by atoms with Crippen molar-refractivity contribution in [1.82, 2.24) is 14.8 Å². The number of aliphatic hydroxyl groups is 1. The number of aromatic nitrogens is 1. The van der Waals surface area contributed by atoms with Crippen molar-refractivity contribution in [1.29, 1.82) is 0 Å². The summed E-state index contributed by atoms with van der Waals surface area (Å²) >= 11 is 1.44. The van der Waals surface area contributed by atoms with E-state index in [1.54, 1.807) is 18.4 Å². The van der Waals surface area contributed by atoms with Gasteiger partial charge in [-0.15, -0.1) is 36.2 Å². The first-order valence-electron chi connectivity index (χ1n) is 7.98. The van der Waals surface area contributed by atoms with Gasteiger partial charge in [-0.2, -0.15) is 0 Å². The van der Waals surface area contributed by atoms with Crippen LogP contribution in [-0.4, -0.2) is 65.1 Å². The number of piperazine rings is 1. The van der Waals surface area contributed by atoms with Gasteiger partial charge in [-0.05, 0) is 19.1 Å². The smallest absolute Gasteiger partial charge is 0.240 e. The summed E-state index contributed by atoms with van der Waals surface area (Å²) < 4.78 is 5.22. The molecule has 3 heterocycles. The van der Waals surface area contributed by atoms with E-state index in [-0.39, 0.29) is 30.7 Å². The molecular formula is C16H24Cl2N4O3S. The fourth-order valence-corrected chi connectivity index (χ4v) is 3.42. The summed E-state index contributed by atoms with van der Waals surface area (Å²) in [5.74, 6) is 0.559. The van der Waals surface area contributed by atoms with E-state index in [0.29, 0.717) is 24.0 Å². The van der Waals surface area contributed by atoms with Crippen molar-refractivity contribution in [3.8, 4) is 0 Å². The zero-order valence-electron chi connectivity index (χ0n) is 14.5. The number of hydrogen-bond acceptors (Lipinski definition) is 7. The maximum atomic E-state index is 12.1. The predicted octanol–water partition coefficient (Wildman–Crippen LogP) is 2.18. The van der Waals surface area contributed by atoms with Crippen LogP contribution in [0, 0.1) is 6.92 Å². The van der Waals surface area contributed by atoms with Crippen LogP contribution in [0.2, 0.25) is 0 Å². The molecule has 2 N–H and O–H groups in total. The van der Waals surface area contributed by atoms with Crippen molar-refractivity contribution in [2.24, 2.45) is 0 Å². The first-order valence-corrected chi connectivity index (χ1v) is 8.86. The molecule has 7 nitrogen and oxygen atoms in total. The predicted molar refractivity (Wildman–Crippen MR) is 107 cm³/mol. The number of amides is 1. The van der Waals surface area contributed by atoms with E-state index >= 15 is 0 Å². The highest BCUT2D eigenvalue weighted by molar-refractivity contribution is 7.13. The molecule has 0 saturated carbocycles. The van der Waals surface area contributed by atoms with Crippen molar-refractivity contribution in [3.63, 3.8) is 0 Å². The number of furan rings is 1. The van der Waals surface area contributed by atoms with Gasteiger partial charge in [0.25, 0.3) is 0 Å².